The molecule has 0 atom stereocenters. The molecule has 0 saturated carbocycles. The Morgan fingerprint density at radius 3 is 2.94 bits per heavy atom. The van der Waals surface area contributed by atoms with Gasteiger partial charge in [0.15, 0.2) is 17.3 Å². The summed E-state index contributed by atoms with van der Waals surface area (Å²) < 4.78 is 13.0. The van der Waals surface area contributed by atoms with Gasteiger partial charge in [-0.25, -0.2) is 4.98 Å². The van der Waals surface area contributed by atoms with Crippen LogP contribution in [0.15, 0.2) is 46.9 Å². The molecule has 0 bridgehead atoms. The number of hydrogen-bond donors (Lipinski definition) is 1. The minimum atomic E-state index is 0.0506. The number of nitrogens with zero attached hydrogens (tertiary/aromatic N) is 3. The van der Waals surface area contributed by atoms with E-state index in [-0.39, 0.29) is 18.3 Å². The van der Waals surface area contributed by atoms with Crippen LogP contribution >= 0.6 is 23.1 Å². The number of benzene rings is 1. The standard InChI is InChI=1S/C22H20N4O3S2/c1-13-8-17(14(2)26(13)15-5-6-19-20(9-15)29-12-28-19)18(27)11-31-22-23-21(24-25-22)10-16-4-3-7-30-16/h3-9H,10-12H2,1-2H3,(H,23,24,25). The number of carbonyl (C=O) groups is 1. The Labute approximate surface area is 187 Å². The van der Waals surface area contributed by atoms with Gasteiger partial charge in [0.05, 0.1) is 5.75 Å². The van der Waals surface area contributed by atoms with E-state index in [1.807, 2.05) is 49.6 Å². The third-order valence-electron chi connectivity index (χ3n) is 5.11. The molecule has 0 spiro atoms. The van der Waals surface area contributed by atoms with Gasteiger partial charge in [-0.3, -0.25) is 9.89 Å². The molecule has 1 N–H and O–H groups in total. The number of ketones is 1. The third kappa shape index (κ3) is 3.98. The van der Waals surface area contributed by atoms with Crippen LogP contribution in [0.3, 0.4) is 0 Å². The molecule has 9 heteroatoms. The minimum Gasteiger partial charge on any atom is -0.454 e. The molecule has 1 aromatic carbocycles. The molecule has 0 unspecified atom stereocenters. The zero-order valence-electron chi connectivity index (χ0n) is 17.0. The minimum absolute atomic E-state index is 0.0506. The van der Waals surface area contributed by atoms with Crippen LogP contribution in [0.4, 0.5) is 0 Å². The van der Waals surface area contributed by atoms with Crippen molar-refractivity contribution in [3.63, 3.8) is 0 Å². The lowest BCUT2D eigenvalue weighted by molar-refractivity contribution is 0.102. The molecule has 7 nitrogen and oxygen atoms in total. The molecule has 4 heterocycles. The lowest BCUT2D eigenvalue weighted by Gasteiger charge is -2.10. The van der Waals surface area contributed by atoms with Crippen LogP contribution in [0.25, 0.3) is 5.69 Å². The van der Waals surface area contributed by atoms with E-state index in [9.17, 15) is 4.79 Å². The van der Waals surface area contributed by atoms with Crippen molar-refractivity contribution < 1.29 is 14.3 Å². The summed E-state index contributed by atoms with van der Waals surface area (Å²) in [6.45, 7) is 4.19. The number of thiophene rings is 1. The van der Waals surface area contributed by atoms with E-state index in [4.69, 9.17) is 9.47 Å². The van der Waals surface area contributed by atoms with Gasteiger partial charge in [-0.1, -0.05) is 17.8 Å². The van der Waals surface area contributed by atoms with E-state index < -0.39 is 0 Å². The number of ether oxygens (including phenoxy) is 2. The highest BCUT2D eigenvalue weighted by Gasteiger charge is 2.20. The summed E-state index contributed by atoms with van der Waals surface area (Å²) in [6.07, 6.45) is 0.718. The summed E-state index contributed by atoms with van der Waals surface area (Å²) in [5, 5.41) is 9.83. The van der Waals surface area contributed by atoms with Crippen LogP contribution in [0.2, 0.25) is 0 Å². The van der Waals surface area contributed by atoms with E-state index in [0.29, 0.717) is 10.7 Å². The quantitative estimate of drug-likeness (QED) is 0.327. The van der Waals surface area contributed by atoms with Crippen LogP contribution in [-0.2, 0) is 6.42 Å². The zero-order chi connectivity index (χ0) is 21.4. The van der Waals surface area contributed by atoms with Crippen molar-refractivity contribution in [2.24, 2.45) is 0 Å². The van der Waals surface area contributed by atoms with Gasteiger partial charge >= 0.3 is 0 Å². The van der Waals surface area contributed by atoms with Crippen LogP contribution in [0.5, 0.6) is 11.5 Å². The van der Waals surface area contributed by atoms with Crippen LogP contribution in [0.1, 0.15) is 32.4 Å². The molecule has 0 amide bonds. The number of thioether (sulfide) groups is 1. The highest BCUT2D eigenvalue weighted by Crippen LogP contribution is 2.35. The van der Waals surface area contributed by atoms with E-state index in [0.717, 1.165) is 40.8 Å². The first-order valence-corrected chi connectivity index (χ1v) is 11.6. The van der Waals surface area contributed by atoms with Crippen LogP contribution in [0, 0.1) is 13.8 Å². The van der Waals surface area contributed by atoms with Crippen molar-refractivity contribution in [1.82, 2.24) is 19.7 Å². The largest absolute Gasteiger partial charge is 0.454 e. The summed E-state index contributed by atoms with van der Waals surface area (Å²) in [7, 11) is 0. The average molecular weight is 453 g/mol. The molecule has 1 aliphatic rings. The SMILES string of the molecule is Cc1cc(C(=O)CSc2n[nH]c(Cc3cccs3)n2)c(C)n1-c1ccc2c(c1)OCO2. The molecule has 3 aromatic heterocycles. The van der Waals surface area contributed by atoms with Crippen molar-refractivity contribution in [3.8, 4) is 17.2 Å². The van der Waals surface area contributed by atoms with E-state index in [1.54, 1.807) is 11.3 Å². The zero-order valence-corrected chi connectivity index (χ0v) is 18.7. The fourth-order valence-corrected chi connectivity index (χ4v) is 5.08. The first kappa shape index (κ1) is 19.9. The first-order chi connectivity index (χ1) is 15.1. The molecule has 158 valence electrons. The van der Waals surface area contributed by atoms with E-state index in [1.165, 1.54) is 16.6 Å². The van der Waals surface area contributed by atoms with Gasteiger partial charge < -0.3 is 14.0 Å². The molecule has 31 heavy (non-hydrogen) atoms. The normalized spacial score (nSPS) is 12.5. The molecule has 0 radical (unpaired) electrons. The van der Waals surface area contributed by atoms with Gasteiger partial charge in [0.1, 0.15) is 5.82 Å². The van der Waals surface area contributed by atoms with Crippen molar-refractivity contribution in [2.45, 2.75) is 25.4 Å². The average Bonchev–Trinajstić information content (AvgIpc) is 3.54. The maximum absolute atomic E-state index is 12.9. The Hall–Kier alpha value is -3.04. The molecule has 0 saturated heterocycles. The Morgan fingerprint density at radius 1 is 1.23 bits per heavy atom. The smallest absolute Gasteiger partial charge is 0.231 e. The molecule has 0 fully saturated rings. The monoisotopic (exact) mass is 452 g/mol. The number of hydrogen-bond acceptors (Lipinski definition) is 7. The van der Waals surface area contributed by atoms with Gasteiger partial charge in [-0.2, -0.15) is 0 Å². The second kappa shape index (κ2) is 8.24. The second-order valence-electron chi connectivity index (χ2n) is 7.19. The van der Waals surface area contributed by atoms with Gasteiger partial charge in [0, 0.05) is 40.0 Å². The number of aromatic amines is 1. The van der Waals surface area contributed by atoms with E-state index >= 15 is 0 Å². The maximum Gasteiger partial charge on any atom is 0.231 e. The molecule has 5 rings (SSSR count). The second-order valence-corrected chi connectivity index (χ2v) is 9.17. The fraction of sp³-hybridized carbons (Fsp3) is 0.227. The Bertz CT molecular complexity index is 1240. The van der Waals surface area contributed by atoms with Crippen molar-refractivity contribution >= 4 is 28.9 Å². The summed E-state index contributed by atoms with van der Waals surface area (Å²) in [4.78, 5) is 18.7. The third-order valence-corrected chi connectivity index (χ3v) is 6.83. The number of aryl methyl sites for hydroxylation is 1. The summed E-state index contributed by atoms with van der Waals surface area (Å²) >= 11 is 3.03. The van der Waals surface area contributed by atoms with Crippen LogP contribution < -0.4 is 9.47 Å². The van der Waals surface area contributed by atoms with Gasteiger partial charge in [0.2, 0.25) is 11.9 Å². The number of rotatable bonds is 7. The van der Waals surface area contributed by atoms with Gasteiger partial charge in [-0.05, 0) is 43.5 Å². The molecule has 1 aliphatic heterocycles. The number of fused-ring (bicyclic) bond motifs is 1. The highest BCUT2D eigenvalue weighted by atomic mass is 32.2. The summed E-state index contributed by atoms with van der Waals surface area (Å²) in [5.74, 6) is 2.59. The predicted octanol–water partition coefficient (Wildman–Crippen LogP) is 4.57. The Morgan fingerprint density at radius 2 is 2.10 bits per heavy atom. The van der Waals surface area contributed by atoms with Crippen molar-refractivity contribution in [1.29, 1.82) is 0 Å². The lowest BCUT2D eigenvalue weighted by Crippen LogP contribution is -2.06. The summed E-state index contributed by atoms with van der Waals surface area (Å²) in [5.41, 5.74) is 3.53. The number of Topliss-reactive ketones (excluding diaryl/α,β-unsaturated/α-hetero) is 1. The van der Waals surface area contributed by atoms with Crippen molar-refractivity contribution in [3.05, 3.63) is 69.4 Å². The predicted molar refractivity (Wildman–Crippen MR) is 120 cm³/mol. The number of nitrogens with one attached hydrogen (secondary N) is 1. The highest BCUT2D eigenvalue weighted by molar-refractivity contribution is 7.99. The first-order valence-electron chi connectivity index (χ1n) is 9.77. The molecular formula is C22H20N4O3S2. The Balaban J connectivity index is 1.29. The topological polar surface area (TPSA) is 82.0 Å². The number of aromatic nitrogens is 4. The fourth-order valence-electron chi connectivity index (χ4n) is 3.67. The molecular weight excluding hydrogens is 432 g/mol. The maximum atomic E-state index is 12.9. The van der Waals surface area contributed by atoms with Gasteiger partial charge in [-0.15, -0.1) is 16.4 Å². The molecule has 0 aliphatic carbocycles. The lowest BCUT2D eigenvalue weighted by atomic mass is 10.2. The Kier molecular flexibility index (Phi) is 5.29. The van der Waals surface area contributed by atoms with Crippen molar-refractivity contribution in [2.75, 3.05) is 12.5 Å². The van der Waals surface area contributed by atoms with E-state index in [2.05, 4.69) is 25.8 Å². The number of carbonyl (C=O) groups excluding carboxylic acids is 1. The molecule has 4 aromatic rings. The number of H-pyrrole nitrogens is 1. The summed E-state index contributed by atoms with van der Waals surface area (Å²) in [6, 6.07) is 11.8. The van der Waals surface area contributed by atoms with Gasteiger partial charge in [0.25, 0.3) is 0 Å². The van der Waals surface area contributed by atoms with Crippen LogP contribution in [-0.4, -0.2) is 38.1 Å².